The van der Waals surface area contributed by atoms with E-state index in [0.717, 1.165) is 12.8 Å². The molecule has 1 atom stereocenters. The molecule has 0 rings (SSSR count). The Hall–Kier alpha value is -0.770. The molecule has 0 aliphatic rings. The summed E-state index contributed by atoms with van der Waals surface area (Å²) in [5.74, 6) is 0. The Kier molecular flexibility index (Phi) is 8.09. The van der Waals surface area contributed by atoms with Gasteiger partial charge < -0.3 is 0 Å². The van der Waals surface area contributed by atoms with Crippen LogP contribution in [0.5, 0.6) is 0 Å². The fourth-order valence-corrected chi connectivity index (χ4v) is 1.65. The van der Waals surface area contributed by atoms with Crippen LogP contribution < -0.4 is 0 Å². The van der Waals surface area contributed by atoms with E-state index in [4.69, 9.17) is 5.26 Å². The summed E-state index contributed by atoms with van der Waals surface area (Å²) in [6, 6.07) is 2.32. The van der Waals surface area contributed by atoms with Crippen molar-refractivity contribution in [3.8, 4) is 6.07 Å². The number of hydrogen-bond donors (Lipinski definition) is 0. The molecule has 0 saturated carbocycles. The first-order valence-electron chi connectivity index (χ1n) is 6.23. The molecular formula is C14H25N. The fraction of sp³-hybridized carbons (Fsp3) is 0.786. The molecule has 0 amide bonds. The maximum Gasteiger partial charge on any atom is 0.0728 e. The highest BCUT2D eigenvalue weighted by Crippen LogP contribution is 2.24. The van der Waals surface area contributed by atoms with Crippen LogP contribution in [-0.4, -0.2) is 0 Å². The first-order valence-corrected chi connectivity index (χ1v) is 6.23. The molecule has 0 spiro atoms. The van der Waals surface area contributed by atoms with Crippen LogP contribution in [0.25, 0.3) is 0 Å². The van der Waals surface area contributed by atoms with Crippen LogP contribution in [0.4, 0.5) is 0 Å². The van der Waals surface area contributed by atoms with Crippen LogP contribution in [0.3, 0.4) is 0 Å². The van der Waals surface area contributed by atoms with Crippen molar-refractivity contribution < 1.29 is 0 Å². The van der Waals surface area contributed by atoms with Gasteiger partial charge in [-0.3, -0.25) is 0 Å². The van der Waals surface area contributed by atoms with Crippen LogP contribution in [0.1, 0.15) is 65.2 Å². The molecule has 0 heterocycles. The van der Waals surface area contributed by atoms with Crippen molar-refractivity contribution in [1.29, 1.82) is 5.26 Å². The molecule has 0 radical (unpaired) electrons. The van der Waals surface area contributed by atoms with Gasteiger partial charge in [-0.25, -0.2) is 0 Å². The Bertz CT molecular complexity index is 202. The van der Waals surface area contributed by atoms with Crippen LogP contribution in [0.15, 0.2) is 12.7 Å². The molecule has 1 heteroatoms. The van der Waals surface area contributed by atoms with Crippen molar-refractivity contribution >= 4 is 0 Å². The zero-order valence-electron chi connectivity index (χ0n) is 10.4. The summed E-state index contributed by atoms with van der Waals surface area (Å²) < 4.78 is 0. The van der Waals surface area contributed by atoms with E-state index in [1.54, 1.807) is 6.08 Å². The summed E-state index contributed by atoms with van der Waals surface area (Å²) in [5.41, 5.74) is -0.302. The summed E-state index contributed by atoms with van der Waals surface area (Å²) in [5, 5.41) is 8.94. The van der Waals surface area contributed by atoms with Crippen LogP contribution in [-0.2, 0) is 0 Å². The molecule has 15 heavy (non-hydrogen) atoms. The molecule has 0 unspecified atom stereocenters. The lowest BCUT2D eigenvalue weighted by Crippen LogP contribution is -2.08. The van der Waals surface area contributed by atoms with Crippen molar-refractivity contribution in [2.24, 2.45) is 5.41 Å². The zero-order chi connectivity index (χ0) is 11.6. The van der Waals surface area contributed by atoms with Gasteiger partial charge in [-0.1, -0.05) is 57.9 Å². The molecule has 0 N–H and O–H groups in total. The average Bonchev–Trinajstić information content (AvgIpc) is 2.27. The van der Waals surface area contributed by atoms with E-state index in [-0.39, 0.29) is 5.41 Å². The minimum Gasteiger partial charge on any atom is -0.197 e. The van der Waals surface area contributed by atoms with Crippen molar-refractivity contribution in [1.82, 2.24) is 0 Å². The maximum atomic E-state index is 8.94. The molecule has 0 fully saturated rings. The normalized spacial score (nSPS) is 14.2. The lowest BCUT2D eigenvalue weighted by Gasteiger charge is -2.15. The Morgan fingerprint density at radius 1 is 1.13 bits per heavy atom. The van der Waals surface area contributed by atoms with E-state index in [9.17, 15) is 0 Å². The van der Waals surface area contributed by atoms with Gasteiger partial charge in [-0.2, -0.15) is 5.26 Å². The highest BCUT2D eigenvalue weighted by atomic mass is 14.3. The highest BCUT2D eigenvalue weighted by molar-refractivity contribution is 5.06. The van der Waals surface area contributed by atoms with E-state index in [1.807, 2.05) is 6.92 Å². The fourth-order valence-electron chi connectivity index (χ4n) is 1.65. The van der Waals surface area contributed by atoms with Gasteiger partial charge in [0, 0.05) is 0 Å². The first kappa shape index (κ1) is 14.2. The third-order valence-corrected chi connectivity index (χ3v) is 3.01. The molecule has 0 aromatic heterocycles. The van der Waals surface area contributed by atoms with Crippen LogP contribution in [0.2, 0.25) is 0 Å². The number of unbranched alkanes of at least 4 members (excludes halogenated alkanes) is 6. The smallest absolute Gasteiger partial charge is 0.0728 e. The van der Waals surface area contributed by atoms with Crippen molar-refractivity contribution in [2.75, 3.05) is 0 Å². The van der Waals surface area contributed by atoms with E-state index < -0.39 is 0 Å². The monoisotopic (exact) mass is 207 g/mol. The third kappa shape index (κ3) is 7.19. The molecule has 86 valence electrons. The molecule has 0 aromatic carbocycles. The summed E-state index contributed by atoms with van der Waals surface area (Å²) in [6.45, 7) is 7.93. The SMILES string of the molecule is C=C[C@](C)(C#N)CCCCCCCCC. The van der Waals surface area contributed by atoms with Gasteiger partial charge in [0.15, 0.2) is 0 Å². The molecular weight excluding hydrogens is 182 g/mol. The highest BCUT2D eigenvalue weighted by Gasteiger charge is 2.17. The van der Waals surface area contributed by atoms with Gasteiger partial charge in [0.25, 0.3) is 0 Å². The van der Waals surface area contributed by atoms with Crippen LogP contribution in [0, 0.1) is 16.7 Å². The summed E-state index contributed by atoms with van der Waals surface area (Å²) in [7, 11) is 0. The average molecular weight is 207 g/mol. The van der Waals surface area contributed by atoms with Crippen molar-refractivity contribution in [3.63, 3.8) is 0 Å². The lowest BCUT2D eigenvalue weighted by atomic mass is 9.86. The predicted molar refractivity (Wildman–Crippen MR) is 66.5 cm³/mol. The molecule has 1 nitrogen and oxygen atoms in total. The van der Waals surface area contributed by atoms with Gasteiger partial charge in [0.1, 0.15) is 0 Å². The van der Waals surface area contributed by atoms with Gasteiger partial charge >= 0.3 is 0 Å². The molecule has 0 aliphatic heterocycles. The number of allylic oxidation sites excluding steroid dienone is 1. The van der Waals surface area contributed by atoms with Crippen molar-refractivity contribution in [3.05, 3.63) is 12.7 Å². The minimum atomic E-state index is -0.302. The van der Waals surface area contributed by atoms with Gasteiger partial charge in [0.2, 0.25) is 0 Å². The second-order valence-corrected chi connectivity index (χ2v) is 4.60. The lowest BCUT2D eigenvalue weighted by molar-refractivity contribution is 0.466. The molecule has 0 saturated heterocycles. The molecule has 0 aromatic rings. The second-order valence-electron chi connectivity index (χ2n) is 4.60. The summed E-state index contributed by atoms with van der Waals surface area (Å²) >= 11 is 0. The Balaban J connectivity index is 3.39. The molecule has 0 aliphatic carbocycles. The second kappa shape index (κ2) is 8.53. The summed E-state index contributed by atoms with van der Waals surface area (Å²) in [6.07, 6.45) is 11.9. The van der Waals surface area contributed by atoms with E-state index in [0.29, 0.717) is 0 Å². The Labute approximate surface area is 95.2 Å². The summed E-state index contributed by atoms with van der Waals surface area (Å²) in [4.78, 5) is 0. The van der Waals surface area contributed by atoms with Gasteiger partial charge in [0.05, 0.1) is 11.5 Å². The number of nitrogens with zero attached hydrogens (tertiary/aromatic N) is 1. The first-order chi connectivity index (χ1) is 7.18. The van der Waals surface area contributed by atoms with Crippen molar-refractivity contribution in [2.45, 2.75) is 65.2 Å². The molecule has 0 bridgehead atoms. The Morgan fingerprint density at radius 3 is 2.13 bits per heavy atom. The maximum absolute atomic E-state index is 8.94. The number of rotatable bonds is 9. The zero-order valence-corrected chi connectivity index (χ0v) is 10.4. The topological polar surface area (TPSA) is 23.8 Å². The van der Waals surface area contributed by atoms with E-state index in [2.05, 4.69) is 19.6 Å². The minimum absolute atomic E-state index is 0.302. The largest absolute Gasteiger partial charge is 0.197 e. The van der Waals surface area contributed by atoms with E-state index >= 15 is 0 Å². The Morgan fingerprint density at radius 2 is 1.67 bits per heavy atom. The number of hydrogen-bond acceptors (Lipinski definition) is 1. The number of nitriles is 1. The van der Waals surface area contributed by atoms with E-state index in [1.165, 1.54) is 38.5 Å². The standard InChI is InChI=1S/C14H25N/c1-4-6-7-8-9-10-11-12-14(3,5-2)13-15/h5H,2,4,6-12H2,1,3H3/t14-/m0/s1. The van der Waals surface area contributed by atoms with Gasteiger partial charge in [-0.05, 0) is 13.3 Å². The van der Waals surface area contributed by atoms with Crippen LogP contribution >= 0.6 is 0 Å². The van der Waals surface area contributed by atoms with Gasteiger partial charge in [-0.15, -0.1) is 6.58 Å². The third-order valence-electron chi connectivity index (χ3n) is 3.01. The predicted octanol–water partition coefficient (Wildman–Crippen LogP) is 4.84. The quantitative estimate of drug-likeness (QED) is 0.392.